The normalized spacial score (nSPS) is 10.5. The number of pyridine rings is 1. The molecule has 5 nitrogen and oxygen atoms in total. The van der Waals surface area contributed by atoms with E-state index in [1.54, 1.807) is 35.7 Å². The van der Waals surface area contributed by atoms with Crippen molar-refractivity contribution >= 4 is 29.1 Å². The molecule has 0 fully saturated rings. The van der Waals surface area contributed by atoms with Crippen LogP contribution in [0.3, 0.4) is 0 Å². The molecule has 0 atom stereocenters. The number of hydrogen-bond acceptors (Lipinski definition) is 5. The molecule has 0 saturated carbocycles. The van der Waals surface area contributed by atoms with Gasteiger partial charge in [0, 0.05) is 28.4 Å². The number of nitrogens with zero attached hydrogens (tertiary/aromatic N) is 2. The molecule has 28 heavy (non-hydrogen) atoms. The summed E-state index contributed by atoms with van der Waals surface area (Å²) >= 11 is 1.62. The number of rotatable bonds is 8. The van der Waals surface area contributed by atoms with Crippen LogP contribution in [0.1, 0.15) is 17.7 Å². The maximum Gasteiger partial charge on any atom is 0.249 e. The van der Waals surface area contributed by atoms with E-state index in [0.29, 0.717) is 31.0 Å². The van der Waals surface area contributed by atoms with Crippen LogP contribution in [0.2, 0.25) is 0 Å². The van der Waals surface area contributed by atoms with E-state index in [2.05, 4.69) is 28.5 Å². The Balaban J connectivity index is 1.60. The number of thiophene rings is 1. The average molecular weight is 389 g/mol. The Morgan fingerprint density at radius 2 is 2.04 bits per heavy atom. The van der Waals surface area contributed by atoms with Gasteiger partial charge in [-0.1, -0.05) is 30.3 Å². The van der Waals surface area contributed by atoms with Gasteiger partial charge in [0.1, 0.15) is 0 Å². The lowest BCUT2D eigenvalue weighted by atomic mass is 10.2. The summed E-state index contributed by atoms with van der Waals surface area (Å²) in [6.45, 7) is 0.398. The van der Waals surface area contributed by atoms with Crippen LogP contribution in [0.5, 0.6) is 5.75 Å². The largest absolute Gasteiger partial charge is 0.490 e. The lowest BCUT2D eigenvalue weighted by molar-refractivity contribution is -0.111. The first-order valence-electron chi connectivity index (χ1n) is 8.85. The Morgan fingerprint density at radius 1 is 1.18 bits per heavy atom. The van der Waals surface area contributed by atoms with Crippen molar-refractivity contribution in [2.75, 3.05) is 11.9 Å². The van der Waals surface area contributed by atoms with Crippen molar-refractivity contribution in [3.63, 3.8) is 0 Å². The van der Waals surface area contributed by atoms with Crippen LogP contribution in [0.4, 0.5) is 5.82 Å². The van der Waals surface area contributed by atoms with Crippen LogP contribution in [0.15, 0.2) is 66.9 Å². The van der Waals surface area contributed by atoms with Gasteiger partial charge in [-0.3, -0.25) is 4.79 Å². The summed E-state index contributed by atoms with van der Waals surface area (Å²) in [6.07, 6.45) is 5.90. The summed E-state index contributed by atoms with van der Waals surface area (Å²) in [5.74, 6) is 0.574. The van der Waals surface area contributed by atoms with Crippen molar-refractivity contribution in [1.29, 1.82) is 5.26 Å². The predicted molar refractivity (Wildman–Crippen MR) is 112 cm³/mol. The molecule has 2 aromatic heterocycles. The molecule has 0 bridgehead atoms. The molecule has 140 valence electrons. The maximum absolute atomic E-state index is 12.3. The van der Waals surface area contributed by atoms with Crippen LogP contribution >= 0.6 is 11.3 Å². The van der Waals surface area contributed by atoms with Gasteiger partial charge in [0.05, 0.1) is 12.7 Å². The Hall–Kier alpha value is -3.43. The predicted octanol–water partition coefficient (Wildman–Crippen LogP) is 5.14. The number of carbonyl (C=O) groups is 1. The number of aromatic nitrogens is 1. The van der Waals surface area contributed by atoms with E-state index in [1.807, 2.05) is 30.3 Å². The number of amides is 1. The first-order chi connectivity index (χ1) is 13.8. The number of nitrogens with one attached hydrogen (secondary N) is 1. The van der Waals surface area contributed by atoms with Crippen LogP contribution in [0, 0.1) is 11.3 Å². The number of unbranched alkanes of at least 4 members (excludes halogenated alkanes) is 1. The molecule has 0 aliphatic carbocycles. The zero-order valence-electron chi connectivity index (χ0n) is 15.2. The third-order valence-electron chi connectivity index (χ3n) is 3.79. The Labute approximate surface area is 167 Å². The molecule has 0 spiro atoms. The van der Waals surface area contributed by atoms with Crippen molar-refractivity contribution in [3.8, 4) is 22.3 Å². The third kappa shape index (κ3) is 5.53. The summed E-state index contributed by atoms with van der Waals surface area (Å²) in [5.41, 5.74) is 1.16. The smallest absolute Gasteiger partial charge is 0.249 e. The van der Waals surface area contributed by atoms with Crippen LogP contribution in [-0.4, -0.2) is 17.5 Å². The number of carbonyl (C=O) groups excluding carboxylic acids is 1. The molecular weight excluding hydrogens is 370 g/mol. The molecule has 1 amide bonds. The molecule has 6 heteroatoms. The van der Waals surface area contributed by atoms with Crippen molar-refractivity contribution < 1.29 is 9.53 Å². The zero-order chi connectivity index (χ0) is 19.6. The summed E-state index contributed by atoms with van der Waals surface area (Å²) in [6, 6.07) is 19.7. The van der Waals surface area contributed by atoms with Gasteiger partial charge >= 0.3 is 0 Å². The first-order valence-corrected chi connectivity index (χ1v) is 9.67. The summed E-state index contributed by atoms with van der Waals surface area (Å²) in [7, 11) is 0. The van der Waals surface area contributed by atoms with Gasteiger partial charge in [-0.05, 0) is 42.3 Å². The molecule has 0 saturated heterocycles. The lowest BCUT2D eigenvalue weighted by Gasteiger charge is -2.09. The highest BCUT2D eigenvalue weighted by atomic mass is 32.1. The standard InChI is InChI=1S/C22H19N3O2S/c23-14-4-5-16-27-19-9-6-15-24-22(19)25-21(26)13-11-18-10-12-20(28-18)17-7-2-1-3-8-17/h1-3,6-13,15H,4-5,16H2,(H,24,25,26)/b13-11+. The number of benzene rings is 1. The Morgan fingerprint density at radius 3 is 2.86 bits per heavy atom. The van der Waals surface area contributed by atoms with Gasteiger partial charge in [-0.2, -0.15) is 5.26 Å². The molecule has 0 radical (unpaired) electrons. The summed E-state index contributed by atoms with van der Waals surface area (Å²) in [4.78, 5) is 18.6. The molecule has 3 rings (SSSR count). The molecule has 1 N–H and O–H groups in total. The van der Waals surface area contributed by atoms with E-state index in [-0.39, 0.29) is 5.91 Å². The molecule has 0 aliphatic rings. The fraction of sp³-hybridized carbons (Fsp3) is 0.136. The second-order valence-electron chi connectivity index (χ2n) is 5.85. The molecular formula is C22H19N3O2S. The minimum absolute atomic E-state index is 0.282. The average Bonchev–Trinajstić information content (AvgIpc) is 3.21. The Bertz CT molecular complexity index is 990. The fourth-order valence-electron chi connectivity index (χ4n) is 2.45. The summed E-state index contributed by atoms with van der Waals surface area (Å²) in [5, 5.41) is 11.3. The lowest BCUT2D eigenvalue weighted by Crippen LogP contribution is -2.11. The van der Waals surface area contributed by atoms with Gasteiger partial charge in [0.25, 0.3) is 0 Å². The van der Waals surface area contributed by atoms with Crippen molar-refractivity contribution in [2.24, 2.45) is 0 Å². The van der Waals surface area contributed by atoms with Crippen LogP contribution in [0.25, 0.3) is 16.5 Å². The SMILES string of the molecule is N#CCCCOc1cccnc1NC(=O)/C=C/c1ccc(-c2ccccc2)s1. The van der Waals surface area contributed by atoms with E-state index >= 15 is 0 Å². The van der Waals surface area contributed by atoms with Crippen molar-refractivity contribution in [3.05, 3.63) is 71.7 Å². The summed E-state index contributed by atoms with van der Waals surface area (Å²) < 4.78 is 5.60. The highest BCUT2D eigenvalue weighted by Gasteiger charge is 2.07. The van der Waals surface area contributed by atoms with Crippen molar-refractivity contribution in [2.45, 2.75) is 12.8 Å². The maximum atomic E-state index is 12.3. The second kappa shape index (κ2) is 10.0. The van der Waals surface area contributed by atoms with Crippen molar-refractivity contribution in [1.82, 2.24) is 4.98 Å². The third-order valence-corrected chi connectivity index (χ3v) is 4.89. The first kappa shape index (κ1) is 19.3. The van der Waals surface area contributed by atoms with Gasteiger partial charge in [0.15, 0.2) is 11.6 Å². The highest BCUT2D eigenvalue weighted by Crippen LogP contribution is 2.28. The zero-order valence-corrected chi connectivity index (χ0v) is 16.0. The molecule has 0 unspecified atom stereocenters. The molecule has 1 aromatic carbocycles. The fourth-order valence-corrected chi connectivity index (χ4v) is 3.37. The minimum Gasteiger partial charge on any atom is -0.490 e. The van der Waals surface area contributed by atoms with E-state index in [9.17, 15) is 4.79 Å². The Kier molecular flexibility index (Phi) is 6.94. The quantitative estimate of drug-likeness (QED) is 0.427. The van der Waals surface area contributed by atoms with E-state index in [4.69, 9.17) is 10.00 Å². The number of nitriles is 1. The minimum atomic E-state index is -0.282. The topological polar surface area (TPSA) is 75.0 Å². The molecule has 2 heterocycles. The number of anilines is 1. The second-order valence-corrected chi connectivity index (χ2v) is 6.97. The van der Waals surface area contributed by atoms with E-state index in [0.717, 1.165) is 15.3 Å². The highest BCUT2D eigenvalue weighted by molar-refractivity contribution is 7.16. The molecule has 0 aliphatic heterocycles. The van der Waals surface area contributed by atoms with Gasteiger partial charge < -0.3 is 10.1 Å². The monoisotopic (exact) mass is 389 g/mol. The van der Waals surface area contributed by atoms with Crippen LogP contribution in [-0.2, 0) is 4.79 Å². The van der Waals surface area contributed by atoms with Gasteiger partial charge in [0.2, 0.25) is 5.91 Å². The van der Waals surface area contributed by atoms with Crippen LogP contribution < -0.4 is 10.1 Å². The van der Waals surface area contributed by atoms with Gasteiger partial charge in [-0.15, -0.1) is 11.3 Å². The van der Waals surface area contributed by atoms with E-state index in [1.165, 1.54) is 6.08 Å². The van der Waals surface area contributed by atoms with E-state index < -0.39 is 0 Å². The number of ether oxygens (including phenoxy) is 1. The van der Waals surface area contributed by atoms with Gasteiger partial charge in [-0.25, -0.2) is 4.98 Å². The molecule has 3 aromatic rings. The number of hydrogen-bond donors (Lipinski definition) is 1.